The van der Waals surface area contributed by atoms with Crippen LogP contribution in [0.4, 0.5) is 14.5 Å². The quantitative estimate of drug-likeness (QED) is 0.741. The Morgan fingerprint density at radius 2 is 1.78 bits per heavy atom. The number of hydrogen-bond acceptors (Lipinski definition) is 4. The van der Waals surface area contributed by atoms with Crippen LogP contribution in [-0.2, 0) is 21.4 Å². The zero-order chi connectivity index (χ0) is 20.0. The van der Waals surface area contributed by atoms with Crippen LogP contribution in [0.5, 0.6) is 5.75 Å². The molecule has 0 aliphatic rings. The number of benzene rings is 2. The molecule has 0 aliphatic carbocycles. The second-order valence-corrected chi connectivity index (χ2v) is 7.63. The number of hydrogen-bond donors (Lipinski definition) is 1. The summed E-state index contributed by atoms with van der Waals surface area (Å²) < 4.78 is 56.4. The van der Waals surface area contributed by atoms with Gasteiger partial charge in [0.25, 0.3) is 0 Å². The monoisotopic (exact) mass is 398 g/mol. The summed E-state index contributed by atoms with van der Waals surface area (Å²) in [5.74, 6) is -2.18. The average Bonchev–Trinajstić information content (AvgIpc) is 2.61. The molecule has 0 bridgehead atoms. The maximum absolute atomic E-state index is 13.4. The van der Waals surface area contributed by atoms with Crippen LogP contribution >= 0.6 is 0 Å². The summed E-state index contributed by atoms with van der Waals surface area (Å²) in [5.41, 5.74) is 0.665. The van der Waals surface area contributed by atoms with Crippen molar-refractivity contribution in [2.24, 2.45) is 0 Å². The van der Waals surface area contributed by atoms with E-state index >= 15 is 0 Å². The Balaban J connectivity index is 2.04. The highest BCUT2D eigenvalue weighted by Gasteiger charge is 2.22. The van der Waals surface area contributed by atoms with Gasteiger partial charge in [0.15, 0.2) is 11.6 Å². The van der Waals surface area contributed by atoms with Crippen LogP contribution in [0.15, 0.2) is 42.5 Å². The van der Waals surface area contributed by atoms with Crippen molar-refractivity contribution in [2.45, 2.75) is 13.5 Å². The molecule has 0 spiro atoms. The summed E-state index contributed by atoms with van der Waals surface area (Å²) in [6.45, 7) is 2.04. The first-order chi connectivity index (χ1) is 12.7. The number of rotatable bonds is 8. The fourth-order valence-electron chi connectivity index (χ4n) is 2.30. The lowest BCUT2D eigenvalue weighted by Crippen LogP contribution is -2.40. The zero-order valence-corrected chi connectivity index (χ0v) is 15.7. The number of nitrogens with one attached hydrogen (secondary N) is 1. The first-order valence-corrected chi connectivity index (χ1v) is 9.96. The van der Waals surface area contributed by atoms with Crippen molar-refractivity contribution >= 4 is 21.6 Å². The Morgan fingerprint density at radius 3 is 2.33 bits per heavy atom. The SMILES string of the molecule is CCOc1ccc(CNC(=O)CN(c2ccc(F)c(F)c2)S(C)(=O)=O)cc1. The van der Waals surface area contributed by atoms with Gasteiger partial charge in [0.2, 0.25) is 15.9 Å². The van der Waals surface area contributed by atoms with Crippen LogP contribution in [0, 0.1) is 11.6 Å². The van der Waals surface area contributed by atoms with Crippen LogP contribution in [0.2, 0.25) is 0 Å². The predicted octanol–water partition coefficient (Wildman–Crippen LogP) is 2.45. The minimum absolute atomic E-state index is 0.132. The van der Waals surface area contributed by atoms with Gasteiger partial charge >= 0.3 is 0 Å². The van der Waals surface area contributed by atoms with Crippen molar-refractivity contribution in [3.05, 3.63) is 59.7 Å². The number of carbonyl (C=O) groups is 1. The van der Waals surface area contributed by atoms with Gasteiger partial charge in [-0.25, -0.2) is 17.2 Å². The second-order valence-electron chi connectivity index (χ2n) is 5.72. The van der Waals surface area contributed by atoms with Crippen molar-refractivity contribution < 1.29 is 26.7 Å². The second kappa shape index (κ2) is 8.81. The van der Waals surface area contributed by atoms with Crippen molar-refractivity contribution in [3.8, 4) is 5.75 Å². The Labute approximate surface area is 156 Å². The molecule has 1 N–H and O–H groups in total. The van der Waals surface area contributed by atoms with Crippen LogP contribution in [0.25, 0.3) is 0 Å². The minimum atomic E-state index is -3.87. The van der Waals surface area contributed by atoms with Gasteiger partial charge in [0.1, 0.15) is 12.3 Å². The van der Waals surface area contributed by atoms with E-state index in [0.717, 1.165) is 30.0 Å². The number of sulfonamides is 1. The Hall–Kier alpha value is -2.68. The van der Waals surface area contributed by atoms with E-state index in [1.54, 1.807) is 24.3 Å². The lowest BCUT2D eigenvalue weighted by molar-refractivity contribution is -0.119. The van der Waals surface area contributed by atoms with Gasteiger partial charge in [-0.15, -0.1) is 0 Å². The highest BCUT2D eigenvalue weighted by Crippen LogP contribution is 2.20. The van der Waals surface area contributed by atoms with E-state index in [2.05, 4.69) is 5.32 Å². The lowest BCUT2D eigenvalue weighted by atomic mass is 10.2. The standard InChI is InChI=1S/C18H20F2N2O4S/c1-3-26-15-7-4-13(5-8-15)11-21-18(23)12-22(27(2,24)25)14-6-9-16(19)17(20)10-14/h4-10H,3,11-12H2,1-2H3,(H,21,23). The minimum Gasteiger partial charge on any atom is -0.494 e. The average molecular weight is 398 g/mol. The molecule has 2 aromatic carbocycles. The van der Waals surface area contributed by atoms with Gasteiger partial charge in [-0.05, 0) is 36.8 Å². The Kier molecular flexibility index (Phi) is 6.73. The maximum atomic E-state index is 13.4. The molecule has 0 radical (unpaired) electrons. The van der Waals surface area contributed by atoms with Crippen LogP contribution in [0.1, 0.15) is 12.5 Å². The molecule has 1 amide bonds. The third kappa shape index (κ3) is 5.92. The van der Waals surface area contributed by atoms with Crippen molar-refractivity contribution in [1.82, 2.24) is 5.32 Å². The summed E-state index contributed by atoms with van der Waals surface area (Å²) in [6.07, 6.45) is 0.883. The van der Waals surface area contributed by atoms with E-state index in [1.165, 1.54) is 0 Å². The summed E-state index contributed by atoms with van der Waals surface area (Å²) >= 11 is 0. The molecule has 0 atom stereocenters. The van der Waals surface area contributed by atoms with Gasteiger partial charge < -0.3 is 10.1 Å². The van der Waals surface area contributed by atoms with Gasteiger partial charge in [-0.3, -0.25) is 9.10 Å². The molecule has 2 rings (SSSR count). The number of ether oxygens (including phenoxy) is 1. The molecule has 0 saturated heterocycles. The largest absolute Gasteiger partial charge is 0.494 e. The van der Waals surface area contributed by atoms with Crippen LogP contribution < -0.4 is 14.4 Å². The topological polar surface area (TPSA) is 75.7 Å². The molecular weight excluding hydrogens is 378 g/mol. The lowest BCUT2D eigenvalue weighted by Gasteiger charge is -2.22. The third-order valence-electron chi connectivity index (χ3n) is 3.60. The highest BCUT2D eigenvalue weighted by molar-refractivity contribution is 7.92. The number of halogens is 2. The van der Waals surface area contributed by atoms with E-state index in [4.69, 9.17) is 4.74 Å². The van der Waals surface area contributed by atoms with E-state index in [1.807, 2.05) is 6.92 Å². The molecule has 0 fully saturated rings. The van der Waals surface area contributed by atoms with Gasteiger partial charge in [-0.1, -0.05) is 12.1 Å². The molecule has 6 nitrogen and oxygen atoms in total. The third-order valence-corrected chi connectivity index (χ3v) is 4.74. The van der Waals surface area contributed by atoms with Crippen LogP contribution in [0.3, 0.4) is 0 Å². The summed E-state index contributed by atoms with van der Waals surface area (Å²) in [5, 5.41) is 2.60. The maximum Gasteiger partial charge on any atom is 0.241 e. The molecular formula is C18H20F2N2O4S. The van der Waals surface area contributed by atoms with Crippen molar-refractivity contribution in [3.63, 3.8) is 0 Å². The Bertz CT molecular complexity index is 902. The predicted molar refractivity (Wildman–Crippen MR) is 98.0 cm³/mol. The molecule has 2 aromatic rings. The smallest absolute Gasteiger partial charge is 0.241 e. The molecule has 27 heavy (non-hydrogen) atoms. The number of nitrogens with zero attached hydrogens (tertiary/aromatic N) is 1. The fourth-order valence-corrected chi connectivity index (χ4v) is 3.15. The van der Waals surface area contributed by atoms with E-state index in [-0.39, 0.29) is 12.2 Å². The van der Waals surface area contributed by atoms with Crippen molar-refractivity contribution in [1.29, 1.82) is 0 Å². The first-order valence-electron chi connectivity index (χ1n) is 8.12. The first kappa shape index (κ1) is 20.6. The molecule has 146 valence electrons. The molecule has 0 heterocycles. The van der Waals surface area contributed by atoms with E-state index < -0.39 is 34.1 Å². The Morgan fingerprint density at radius 1 is 1.11 bits per heavy atom. The zero-order valence-electron chi connectivity index (χ0n) is 14.9. The number of carbonyl (C=O) groups excluding carboxylic acids is 1. The van der Waals surface area contributed by atoms with Crippen molar-refractivity contribution in [2.75, 3.05) is 23.7 Å². The van der Waals surface area contributed by atoms with Gasteiger partial charge in [-0.2, -0.15) is 0 Å². The molecule has 0 saturated carbocycles. The summed E-state index contributed by atoms with van der Waals surface area (Å²) in [7, 11) is -3.87. The van der Waals surface area contributed by atoms with Crippen LogP contribution in [-0.4, -0.2) is 33.7 Å². The van der Waals surface area contributed by atoms with Gasteiger partial charge in [0.05, 0.1) is 18.6 Å². The molecule has 0 aliphatic heterocycles. The highest BCUT2D eigenvalue weighted by atomic mass is 32.2. The molecule has 0 unspecified atom stereocenters. The molecule has 9 heteroatoms. The summed E-state index contributed by atoms with van der Waals surface area (Å²) in [4.78, 5) is 12.2. The normalized spacial score (nSPS) is 11.1. The number of amides is 1. The molecule has 0 aromatic heterocycles. The number of anilines is 1. The van der Waals surface area contributed by atoms with E-state index in [9.17, 15) is 22.0 Å². The fraction of sp³-hybridized carbons (Fsp3) is 0.278. The summed E-state index contributed by atoms with van der Waals surface area (Å²) in [6, 6.07) is 9.70. The van der Waals surface area contributed by atoms with E-state index in [0.29, 0.717) is 16.7 Å². The van der Waals surface area contributed by atoms with Gasteiger partial charge in [0, 0.05) is 12.6 Å².